The van der Waals surface area contributed by atoms with E-state index >= 15 is 0 Å². The van der Waals surface area contributed by atoms with E-state index in [-0.39, 0.29) is 24.2 Å². The maximum atomic E-state index is 13.6. The molecule has 1 aliphatic heterocycles. The van der Waals surface area contributed by atoms with Crippen molar-refractivity contribution in [2.24, 2.45) is 0 Å². The van der Waals surface area contributed by atoms with Gasteiger partial charge >= 0.3 is 0 Å². The van der Waals surface area contributed by atoms with Gasteiger partial charge < -0.3 is 9.47 Å². The smallest absolute Gasteiger partial charge is 0.270 e. The summed E-state index contributed by atoms with van der Waals surface area (Å²) in [6, 6.07) is 0. The summed E-state index contributed by atoms with van der Waals surface area (Å²) in [5.74, 6) is -4.65. The SMILES string of the molecule is C=C(/C(=C\C=C(/C)Cl)C1(CCl)OCC(C)O1)C(C)(F)F. The Kier molecular flexibility index (Phi) is 5.79. The molecule has 0 aromatic heterocycles. The molecule has 1 fully saturated rings. The van der Waals surface area contributed by atoms with Gasteiger partial charge in [0.05, 0.1) is 18.6 Å². The number of hydrogen-bond donors (Lipinski definition) is 0. The van der Waals surface area contributed by atoms with Gasteiger partial charge in [-0.05, 0) is 19.9 Å². The zero-order valence-electron chi connectivity index (χ0n) is 11.7. The highest BCUT2D eigenvalue weighted by atomic mass is 35.5. The van der Waals surface area contributed by atoms with E-state index in [4.69, 9.17) is 32.7 Å². The third kappa shape index (κ3) is 4.04. The molecule has 0 spiro atoms. The van der Waals surface area contributed by atoms with Crippen LogP contribution in [-0.4, -0.2) is 30.3 Å². The number of rotatable bonds is 5. The molecule has 114 valence electrons. The van der Waals surface area contributed by atoms with Crippen LogP contribution in [0.15, 0.2) is 34.9 Å². The van der Waals surface area contributed by atoms with Gasteiger partial charge in [0.25, 0.3) is 5.92 Å². The molecular formula is C14H18Cl2F2O2. The van der Waals surface area contributed by atoms with Crippen LogP contribution in [0.5, 0.6) is 0 Å². The maximum Gasteiger partial charge on any atom is 0.270 e. The Morgan fingerprint density at radius 2 is 2.10 bits per heavy atom. The highest BCUT2D eigenvalue weighted by Gasteiger charge is 2.47. The lowest BCUT2D eigenvalue weighted by molar-refractivity contribution is -0.119. The van der Waals surface area contributed by atoms with Crippen LogP contribution >= 0.6 is 23.2 Å². The third-order valence-electron chi connectivity index (χ3n) is 2.86. The lowest BCUT2D eigenvalue weighted by atomic mass is 9.94. The molecule has 0 saturated carbocycles. The van der Waals surface area contributed by atoms with Gasteiger partial charge in [-0.2, -0.15) is 0 Å². The molecule has 1 saturated heterocycles. The minimum absolute atomic E-state index is 0.101. The molecule has 2 atom stereocenters. The first-order valence-electron chi connectivity index (χ1n) is 6.12. The lowest BCUT2D eigenvalue weighted by Crippen LogP contribution is -2.38. The zero-order chi connectivity index (χ0) is 15.6. The minimum atomic E-state index is -3.11. The van der Waals surface area contributed by atoms with Gasteiger partial charge in [-0.25, -0.2) is 8.78 Å². The Morgan fingerprint density at radius 1 is 1.50 bits per heavy atom. The molecule has 6 heteroatoms. The molecule has 2 nitrogen and oxygen atoms in total. The summed E-state index contributed by atoms with van der Waals surface area (Å²) in [6.45, 7) is 7.91. The average molecular weight is 327 g/mol. The van der Waals surface area contributed by atoms with Crippen LogP contribution in [-0.2, 0) is 9.47 Å². The van der Waals surface area contributed by atoms with Gasteiger partial charge in [0.1, 0.15) is 0 Å². The van der Waals surface area contributed by atoms with Crippen molar-refractivity contribution in [3.63, 3.8) is 0 Å². The van der Waals surface area contributed by atoms with Gasteiger partial charge in [-0.3, -0.25) is 0 Å². The minimum Gasteiger partial charge on any atom is -0.342 e. The van der Waals surface area contributed by atoms with Gasteiger partial charge in [-0.15, -0.1) is 11.6 Å². The zero-order valence-corrected chi connectivity index (χ0v) is 13.2. The summed E-state index contributed by atoms with van der Waals surface area (Å²) in [4.78, 5) is 0. The molecule has 0 radical (unpaired) electrons. The fraction of sp³-hybridized carbons (Fsp3) is 0.571. The van der Waals surface area contributed by atoms with Crippen molar-refractivity contribution in [2.45, 2.75) is 38.6 Å². The molecule has 0 bridgehead atoms. The van der Waals surface area contributed by atoms with Crippen molar-refractivity contribution in [3.05, 3.63) is 34.9 Å². The third-order valence-corrected chi connectivity index (χ3v) is 3.34. The van der Waals surface area contributed by atoms with Crippen LogP contribution in [0.4, 0.5) is 8.78 Å². The van der Waals surface area contributed by atoms with Crippen molar-refractivity contribution >= 4 is 23.2 Å². The van der Waals surface area contributed by atoms with Crippen LogP contribution in [0.1, 0.15) is 20.8 Å². The van der Waals surface area contributed by atoms with Crippen molar-refractivity contribution in [3.8, 4) is 0 Å². The maximum absolute atomic E-state index is 13.6. The number of alkyl halides is 3. The molecular weight excluding hydrogens is 309 g/mol. The predicted molar refractivity (Wildman–Crippen MR) is 77.4 cm³/mol. The van der Waals surface area contributed by atoms with E-state index in [1.165, 1.54) is 12.2 Å². The van der Waals surface area contributed by atoms with E-state index in [9.17, 15) is 8.78 Å². The Labute approximate surface area is 128 Å². The van der Waals surface area contributed by atoms with Crippen molar-refractivity contribution in [1.82, 2.24) is 0 Å². The summed E-state index contributed by atoms with van der Waals surface area (Å²) >= 11 is 11.7. The normalized spacial score (nSPS) is 28.9. The summed E-state index contributed by atoms with van der Waals surface area (Å²) in [5, 5.41) is 0.436. The summed E-state index contributed by atoms with van der Waals surface area (Å²) < 4.78 is 38.3. The van der Waals surface area contributed by atoms with E-state index in [1.54, 1.807) is 13.8 Å². The van der Waals surface area contributed by atoms with E-state index in [0.717, 1.165) is 6.92 Å². The fourth-order valence-electron chi connectivity index (χ4n) is 1.82. The van der Waals surface area contributed by atoms with Crippen molar-refractivity contribution in [2.75, 3.05) is 12.5 Å². The van der Waals surface area contributed by atoms with Gasteiger partial charge in [0.2, 0.25) is 5.79 Å². The van der Waals surface area contributed by atoms with Crippen LogP contribution in [0.2, 0.25) is 0 Å². The van der Waals surface area contributed by atoms with Gasteiger partial charge in [0.15, 0.2) is 0 Å². The van der Waals surface area contributed by atoms with E-state index in [2.05, 4.69) is 6.58 Å². The molecule has 0 aromatic rings. The molecule has 0 amide bonds. The number of allylic oxidation sites excluding steroid dienone is 3. The Hall–Kier alpha value is -0.420. The lowest BCUT2D eigenvalue weighted by Gasteiger charge is -2.31. The second kappa shape index (κ2) is 6.56. The molecule has 20 heavy (non-hydrogen) atoms. The molecule has 0 aliphatic carbocycles. The fourth-order valence-corrected chi connectivity index (χ4v) is 2.17. The second-order valence-corrected chi connectivity index (χ2v) is 5.69. The van der Waals surface area contributed by atoms with Crippen molar-refractivity contribution < 1.29 is 18.3 Å². The first kappa shape index (κ1) is 17.6. The molecule has 1 aliphatic rings. The molecule has 1 rings (SSSR count). The molecule has 1 heterocycles. The number of ether oxygens (including phenoxy) is 2. The average Bonchev–Trinajstić information content (AvgIpc) is 2.70. The van der Waals surface area contributed by atoms with Gasteiger partial charge in [0, 0.05) is 23.1 Å². The largest absolute Gasteiger partial charge is 0.342 e. The molecule has 2 unspecified atom stereocenters. The number of hydrogen-bond acceptors (Lipinski definition) is 2. The summed E-state index contributed by atoms with van der Waals surface area (Å²) in [5.41, 5.74) is -0.300. The first-order chi connectivity index (χ1) is 9.12. The Balaban J connectivity index is 3.27. The van der Waals surface area contributed by atoms with E-state index < -0.39 is 17.3 Å². The monoisotopic (exact) mass is 326 g/mol. The predicted octanol–water partition coefficient (Wildman–Crippen LogP) is 4.64. The topological polar surface area (TPSA) is 18.5 Å². The number of halogens is 4. The van der Waals surface area contributed by atoms with Crippen LogP contribution in [0.25, 0.3) is 0 Å². The van der Waals surface area contributed by atoms with Crippen LogP contribution in [0.3, 0.4) is 0 Å². The Morgan fingerprint density at radius 3 is 2.45 bits per heavy atom. The van der Waals surface area contributed by atoms with E-state index in [1.807, 2.05) is 0 Å². The highest BCUT2D eigenvalue weighted by Crippen LogP contribution is 2.40. The molecule has 0 aromatic carbocycles. The summed E-state index contributed by atoms with van der Waals surface area (Å²) in [7, 11) is 0. The molecule has 0 N–H and O–H groups in total. The van der Waals surface area contributed by atoms with Crippen LogP contribution in [0, 0.1) is 0 Å². The highest BCUT2D eigenvalue weighted by molar-refractivity contribution is 6.29. The Bertz CT molecular complexity index is 437. The first-order valence-corrected chi connectivity index (χ1v) is 7.03. The standard InChI is InChI=1S/C14H18Cl2F2O2/c1-9(16)5-6-12(11(3)13(4,17)18)14(8-15)19-7-10(2)20-14/h5-6,10H,3,7-8H2,1-2,4H3/b9-5+,12-6+. The van der Waals surface area contributed by atoms with Crippen molar-refractivity contribution in [1.29, 1.82) is 0 Å². The van der Waals surface area contributed by atoms with Gasteiger partial charge in [-0.1, -0.05) is 24.3 Å². The second-order valence-electron chi connectivity index (χ2n) is 4.83. The summed E-state index contributed by atoms with van der Waals surface area (Å²) in [6.07, 6.45) is 2.66. The van der Waals surface area contributed by atoms with E-state index in [0.29, 0.717) is 5.03 Å². The van der Waals surface area contributed by atoms with Crippen LogP contribution < -0.4 is 0 Å². The quantitative estimate of drug-likeness (QED) is 0.541.